The summed E-state index contributed by atoms with van der Waals surface area (Å²) in [5.41, 5.74) is 3.10. The Hall–Kier alpha value is -2.32. The number of morpholine rings is 1. The van der Waals surface area contributed by atoms with Gasteiger partial charge in [-0.3, -0.25) is 9.48 Å². The minimum atomic E-state index is 0.0613. The Bertz CT molecular complexity index is 831. The average Bonchev–Trinajstić information content (AvgIpc) is 3.41. The summed E-state index contributed by atoms with van der Waals surface area (Å²) in [5, 5.41) is 8.60. The largest absolute Gasteiger partial charge is 0.472 e. The maximum absolute atomic E-state index is 12.5. The molecular formula is C22H33N5O3. The van der Waals surface area contributed by atoms with Crippen molar-refractivity contribution in [3.8, 4) is 0 Å². The van der Waals surface area contributed by atoms with Crippen molar-refractivity contribution in [2.45, 2.75) is 45.2 Å². The first kappa shape index (κ1) is 20.9. The van der Waals surface area contributed by atoms with E-state index in [-0.39, 0.29) is 5.91 Å². The number of nitrogens with one attached hydrogen (secondary N) is 1. The van der Waals surface area contributed by atoms with Crippen LogP contribution in [0.4, 0.5) is 5.82 Å². The lowest BCUT2D eigenvalue weighted by Gasteiger charge is -2.33. The van der Waals surface area contributed by atoms with Crippen LogP contribution in [0.25, 0.3) is 0 Å². The summed E-state index contributed by atoms with van der Waals surface area (Å²) in [7, 11) is 2.04. The molecule has 4 heterocycles. The Morgan fingerprint density at radius 2 is 1.97 bits per heavy atom. The van der Waals surface area contributed by atoms with Crippen molar-refractivity contribution in [1.82, 2.24) is 20.0 Å². The van der Waals surface area contributed by atoms with Gasteiger partial charge in [0.2, 0.25) is 0 Å². The number of amides is 1. The van der Waals surface area contributed by atoms with Crippen LogP contribution < -0.4 is 10.2 Å². The number of aromatic nitrogens is 2. The van der Waals surface area contributed by atoms with E-state index >= 15 is 0 Å². The zero-order chi connectivity index (χ0) is 21.1. The molecule has 0 radical (unpaired) electrons. The minimum Gasteiger partial charge on any atom is -0.472 e. The van der Waals surface area contributed by atoms with E-state index in [0.29, 0.717) is 17.5 Å². The van der Waals surface area contributed by atoms with Crippen LogP contribution in [0.5, 0.6) is 0 Å². The first-order valence-corrected chi connectivity index (χ1v) is 11.0. The van der Waals surface area contributed by atoms with E-state index in [1.54, 1.807) is 12.3 Å². The molecule has 1 amide bonds. The highest BCUT2D eigenvalue weighted by Gasteiger charge is 2.27. The third kappa shape index (κ3) is 4.39. The van der Waals surface area contributed by atoms with Crippen molar-refractivity contribution in [2.75, 3.05) is 44.3 Å². The summed E-state index contributed by atoms with van der Waals surface area (Å²) in [5.74, 6) is 1.64. The standard InChI is InChI=1S/C22H33N5O3/c1-16(2)20-19(21(25(3)24-20)26-9-12-29-13-10-26)14-23-18-4-7-27(8-5-18)22(28)17-6-11-30-15-17/h6,11,15-16,18,23H,4-5,7-10,12-14H2,1-3H3. The fourth-order valence-electron chi connectivity index (χ4n) is 4.49. The zero-order valence-corrected chi connectivity index (χ0v) is 18.3. The smallest absolute Gasteiger partial charge is 0.257 e. The normalized spacial score (nSPS) is 18.4. The van der Waals surface area contributed by atoms with Gasteiger partial charge in [-0.15, -0.1) is 0 Å². The number of likely N-dealkylation sites (tertiary alicyclic amines) is 1. The van der Waals surface area contributed by atoms with E-state index in [4.69, 9.17) is 14.3 Å². The Balaban J connectivity index is 1.39. The second kappa shape index (κ2) is 9.22. The topological polar surface area (TPSA) is 75.8 Å². The molecule has 2 fully saturated rings. The molecule has 0 spiro atoms. The molecule has 2 aromatic heterocycles. The van der Waals surface area contributed by atoms with Crippen LogP contribution in [0.15, 0.2) is 23.0 Å². The fourth-order valence-corrected chi connectivity index (χ4v) is 4.49. The van der Waals surface area contributed by atoms with Crippen LogP contribution >= 0.6 is 0 Å². The summed E-state index contributed by atoms with van der Waals surface area (Å²) in [4.78, 5) is 16.8. The summed E-state index contributed by atoms with van der Waals surface area (Å²) >= 11 is 0. The van der Waals surface area contributed by atoms with Crippen molar-refractivity contribution in [1.29, 1.82) is 0 Å². The second-order valence-corrected chi connectivity index (χ2v) is 8.52. The van der Waals surface area contributed by atoms with E-state index in [2.05, 4.69) is 24.1 Å². The number of furan rings is 1. The SMILES string of the molecule is CC(C)c1nn(C)c(N2CCOCC2)c1CNC1CCN(C(=O)c2ccoc2)CC1. The van der Waals surface area contributed by atoms with Gasteiger partial charge in [-0.1, -0.05) is 13.8 Å². The summed E-state index contributed by atoms with van der Waals surface area (Å²) in [6.07, 6.45) is 4.98. The molecule has 0 atom stereocenters. The van der Waals surface area contributed by atoms with Crippen LogP contribution in [0.3, 0.4) is 0 Å². The van der Waals surface area contributed by atoms with Gasteiger partial charge < -0.3 is 24.3 Å². The van der Waals surface area contributed by atoms with Gasteiger partial charge >= 0.3 is 0 Å². The quantitative estimate of drug-likeness (QED) is 0.781. The zero-order valence-electron chi connectivity index (χ0n) is 18.3. The summed E-state index contributed by atoms with van der Waals surface area (Å²) < 4.78 is 12.6. The Morgan fingerprint density at radius 3 is 2.60 bits per heavy atom. The number of carbonyl (C=O) groups is 1. The number of carbonyl (C=O) groups excluding carboxylic acids is 1. The van der Waals surface area contributed by atoms with Crippen molar-refractivity contribution in [2.24, 2.45) is 7.05 Å². The van der Waals surface area contributed by atoms with Gasteiger partial charge in [0.15, 0.2) is 0 Å². The highest BCUT2D eigenvalue weighted by atomic mass is 16.5. The Kier molecular flexibility index (Phi) is 6.43. The van der Waals surface area contributed by atoms with Crippen molar-refractivity contribution >= 4 is 11.7 Å². The first-order chi connectivity index (χ1) is 14.5. The molecule has 4 rings (SSSR count). The lowest BCUT2D eigenvalue weighted by Crippen LogP contribution is -2.45. The number of rotatable bonds is 6. The lowest BCUT2D eigenvalue weighted by atomic mass is 10.0. The maximum Gasteiger partial charge on any atom is 0.257 e. The van der Waals surface area contributed by atoms with Gasteiger partial charge in [-0.25, -0.2) is 0 Å². The number of nitrogens with zero attached hydrogens (tertiary/aromatic N) is 4. The molecule has 1 N–H and O–H groups in total. The van der Waals surface area contributed by atoms with Crippen molar-refractivity contribution in [3.63, 3.8) is 0 Å². The lowest BCUT2D eigenvalue weighted by molar-refractivity contribution is 0.0704. The van der Waals surface area contributed by atoms with Crippen molar-refractivity contribution in [3.05, 3.63) is 35.4 Å². The van der Waals surface area contributed by atoms with Crippen LogP contribution in [0.1, 0.15) is 54.2 Å². The molecule has 30 heavy (non-hydrogen) atoms. The number of hydrogen-bond acceptors (Lipinski definition) is 6. The van der Waals surface area contributed by atoms with Crippen LogP contribution in [0, 0.1) is 0 Å². The molecule has 0 aliphatic carbocycles. The van der Waals surface area contributed by atoms with E-state index in [1.165, 1.54) is 23.3 Å². The molecule has 2 aliphatic heterocycles. The average molecular weight is 416 g/mol. The number of piperidine rings is 1. The highest BCUT2D eigenvalue weighted by Crippen LogP contribution is 2.29. The summed E-state index contributed by atoms with van der Waals surface area (Å²) in [6, 6.07) is 2.13. The molecule has 2 aromatic rings. The van der Waals surface area contributed by atoms with Gasteiger partial charge in [-0.2, -0.15) is 5.10 Å². The number of aryl methyl sites for hydroxylation is 1. The molecule has 0 unspecified atom stereocenters. The number of anilines is 1. The highest BCUT2D eigenvalue weighted by molar-refractivity contribution is 5.93. The second-order valence-electron chi connectivity index (χ2n) is 8.52. The number of ether oxygens (including phenoxy) is 1. The fraction of sp³-hybridized carbons (Fsp3) is 0.636. The van der Waals surface area contributed by atoms with Gasteiger partial charge in [-0.05, 0) is 24.8 Å². The van der Waals surface area contributed by atoms with E-state index < -0.39 is 0 Å². The van der Waals surface area contributed by atoms with E-state index in [1.807, 2.05) is 16.6 Å². The first-order valence-electron chi connectivity index (χ1n) is 11.0. The Labute approximate surface area is 178 Å². The molecule has 0 bridgehead atoms. The molecule has 0 aromatic carbocycles. The van der Waals surface area contributed by atoms with Crippen LogP contribution in [0.2, 0.25) is 0 Å². The molecule has 0 saturated carbocycles. The van der Waals surface area contributed by atoms with E-state index in [0.717, 1.165) is 58.8 Å². The van der Waals surface area contributed by atoms with E-state index in [9.17, 15) is 4.79 Å². The maximum atomic E-state index is 12.5. The summed E-state index contributed by atoms with van der Waals surface area (Å²) in [6.45, 7) is 10.1. The number of hydrogen-bond donors (Lipinski definition) is 1. The van der Waals surface area contributed by atoms with Gasteiger partial charge in [0, 0.05) is 51.4 Å². The third-order valence-electron chi connectivity index (χ3n) is 6.12. The van der Waals surface area contributed by atoms with Gasteiger partial charge in [0.05, 0.1) is 30.7 Å². The Morgan fingerprint density at radius 1 is 1.23 bits per heavy atom. The third-order valence-corrected chi connectivity index (χ3v) is 6.12. The molecule has 164 valence electrons. The van der Waals surface area contributed by atoms with Crippen molar-refractivity contribution < 1.29 is 13.9 Å². The molecular weight excluding hydrogens is 382 g/mol. The van der Waals surface area contributed by atoms with Crippen LogP contribution in [-0.4, -0.2) is 66.0 Å². The molecule has 8 heteroatoms. The molecule has 2 saturated heterocycles. The molecule has 8 nitrogen and oxygen atoms in total. The van der Waals surface area contributed by atoms with Gasteiger partial charge in [0.1, 0.15) is 12.1 Å². The van der Waals surface area contributed by atoms with Crippen LogP contribution in [-0.2, 0) is 18.3 Å². The molecule has 2 aliphatic rings. The monoisotopic (exact) mass is 415 g/mol. The van der Waals surface area contributed by atoms with Gasteiger partial charge in [0.25, 0.3) is 5.91 Å². The predicted octanol–water partition coefficient (Wildman–Crippen LogP) is 2.37. The predicted molar refractivity (Wildman–Crippen MR) is 115 cm³/mol. The minimum absolute atomic E-state index is 0.0613.